The molecule has 1 aliphatic heterocycles. The maximum Gasteiger partial charge on any atom is 0.494 e. The van der Waals surface area contributed by atoms with Gasteiger partial charge < -0.3 is 18.1 Å². The van der Waals surface area contributed by atoms with Gasteiger partial charge in [0.15, 0.2) is 0 Å². The second kappa shape index (κ2) is 22.0. The van der Waals surface area contributed by atoms with Crippen LogP contribution in [-0.4, -0.2) is 18.3 Å². The number of hydrogen-bond donors (Lipinski definition) is 0. The molecule has 1 aliphatic rings. The van der Waals surface area contributed by atoms with Gasteiger partial charge in [-0.05, 0) is 199 Å². The maximum atomic E-state index is 6.34. The van der Waals surface area contributed by atoms with E-state index in [1.165, 1.54) is 129 Å². The van der Waals surface area contributed by atoms with Gasteiger partial charge in [0.2, 0.25) is 0 Å². The Labute approximate surface area is 541 Å². The Bertz CT molecular complexity index is 5870. The SMILES string of the molecule is Brc1c2ccccc2c(-c2cccc3ccccc23)c2ccccc12.CC1(C)OB(c2ccc3oc4ccc5ccccc5c4c3c2)OC1(C)C.c1ccc2c(-c3c4ccccc4c(-c4ccc5oc6ccc7ccccc7c6c5c4)c4ccccc34)cccc2c1. The van der Waals surface area contributed by atoms with E-state index in [2.05, 4.69) is 317 Å². The van der Waals surface area contributed by atoms with Gasteiger partial charge >= 0.3 is 7.12 Å². The molecule has 0 saturated carbocycles. The topological polar surface area (TPSA) is 44.7 Å². The third-order valence-corrected chi connectivity index (χ3v) is 20.3. The van der Waals surface area contributed by atoms with Crippen LogP contribution in [0.1, 0.15) is 27.7 Å². The van der Waals surface area contributed by atoms with Crippen molar-refractivity contribution >= 4 is 159 Å². The van der Waals surface area contributed by atoms with E-state index in [0.29, 0.717) is 0 Å². The highest BCUT2D eigenvalue weighted by atomic mass is 79.9. The zero-order valence-corrected chi connectivity index (χ0v) is 52.9. The molecule has 1 fully saturated rings. The highest BCUT2D eigenvalue weighted by Crippen LogP contribution is 2.48. The van der Waals surface area contributed by atoms with Crippen molar-refractivity contribution in [3.63, 3.8) is 0 Å². The second-order valence-electron chi connectivity index (χ2n) is 25.3. The molecular formula is C86H60BBrO4. The van der Waals surface area contributed by atoms with E-state index in [-0.39, 0.29) is 18.3 Å². The Kier molecular flexibility index (Phi) is 13.3. The zero-order chi connectivity index (χ0) is 61.8. The molecule has 0 aliphatic carbocycles. The first kappa shape index (κ1) is 55.7. The molecule has 0 bridgehead atoms. The lowest BCUT2D eigenvalue weighted by molar-refractivity contribution is 0.00578. The molecule has 92 heavy (non-hydrogen) atoms. The standard InChI is InChI=1S/C40H24O.C24H15Br.C22H21BO3/c1-3-13-28-25(10-1)12-9-19-30(28)39-33-17-7-5-15-31(33)38(32-16-6-8-18-34(32)39)27-21-22-36-35(24-27)40-29-14-4-2-11-26(29)20-23-37(40)41-36;25-24-21-13-5-3-11-19(21)23(20-12-4-6-14-22(20)24)18-15-7-9-16-8-1-2-10-17(16)18;1-21(2)22(3,4)26-23(25-21)15-10-12-18-17(13-15)20-16-8-6-5-7-14(16)9-11-19(20)24-18/h1-24H;1-15H;5-13H,1-4H3. The van der Waals surface area contributed by atoms with Gasteiger partial charge in [-0.15, -0.1) is 0 Å². The fourth-order valence-electron chi connectivity index (χ4n) is 14.4. The fraction of sp³-hybridized carbons (Fsp3) is 0.0698. The predicted molar refractivity (Wildman–Crippen MR) is 394 cm³/mol. The zero-order valence-electron chi connectivity index (χ0n) is 51.3. The van der Waals surface area contributed by atoms with E-state index in [4.69, 9.17) is 18.1 Å². The van der Waals surface area contributed by atoms with E-state index in [0.717, 1.165) is 44.0 Å². The second-order valence-corrected chi connectivity index (χ2v) is 26.0. The first-order valence-electron chi connectivity index (χ1n) is 31.6. The molecule has 0 atom stereocenters. The number of fused-ring (bicyclic) bond motifs is 16. The molecule has 18 aromatic rings. The molecule has 2 aromatic heterocycles. The van der Waals surface area contributed by atoms with Crippen LogP contribution in [0.2, 0.25) is 0 Å². The van der Waals surface area contributed by atoms with Gasteiger partial charge in [-0.25, -0.2) is 0 Å². The van der Waals surface area contributed by atoms with Gasteiger partial charge in [0.05, 0.1) is 11.2 Å². The van der Waals surface area contributed by atoms with Crippen molar-refractivity contribution in [3.8, 4) is 33.4 Å². The number of rotatable bonds is 4. The van der Waals surface area contributed by atoms with E-state index in [9.17, 15) is 0 Å². The minimum Gasteiger partial charge on any atom is -0.456 e. The Morgan fingerprint density at radius 2 is 0.598 bits per heavy atom. The highest BCUT2D eigenvalue weighted by molar-refractivity contribution is 9.10. The molecule has 0 amide bonds. The number of hydrogen-bond acceptors (Lipinski definition) is 4. The van der Waals surface area contributed by atoms with Gasteiger partial charge in [-0.2, -0.15) is 0 Å². The third kappa shape index (κ3) is 9.11. The number of halogens is 1. The van der Waals surface area contributed by atoms with Crippen LogP contribution < -0.4 is 5.46 Å². The molecule has 1 saturated heterocycles. The minimum absolute atomic E-state index is 0.349. The Morgan fingerprint density at radius 3 is 1.04 bits per heavy atom. The van der Waals surface area contributed by atoms with Crippen LogP contribution in [0.5, 0.6) is 0 Å². The number of benzene rings is 16. The van der Waals surface area contributed by atoms with Crippen molar-refractivity contribution in [2.75, 3.05) is 0 Å². The van der Waals surface area contributed by atoms with E-state index in [1.54, 1.807) is 0 Å². The molecule has 0 N–H and O–H groups in total. The summed E-state index contributed by atoms with van der Waals surface area (Å²) in [7, 11) is -0.371. The van der Waals surface area contributed by atoms with Crippen LogP contribution >= 0.6 is 15.9 Å². The monoisotopic (exact) mass is 1250 g/mol. The van der Waals surface area contributed by atoms with E-state index >= 15 is 0 Å². The van der Waals surface area contributed by atoms with Crippen molar-refractivity contribution in [2.24, 2.45) is 0 Å². The maximum absolute atomic E-state index is 6.34. The van der Waals surface area contributed by atoms with Gasteiger partial charge in [0.25, 0.3) is 0 Å². The Morgan fingerprint density at radius 1 is 0.272 bits per heavy atom. The molecule has 3 heterocycles. The van der Waals surface area contributed by atoms with Crippen molar-refractivity contribution < 1.29 is 18.1 Å². The molecule has 6 heteroatoms. The minimum atomic E-state index is -0.371. The van der Waals surface area contributed by atoms with Gasteiger partial charge in [-0.3, -0.25) is 0 Å². The lowest BCUT2D eigenvalue weighted by atomic mass is 9.78. The van der Waals surface area contributed by atoms with Crippen molar-refractivity contribution in [1.29, 1.82) is 0 Å². The summed E-state index contributed by atoms with van der Waals surface area (Å²) in [5.74, 6) is 0. The smallest absolute Gasteiger partial charge is 0.456 e. The molecule has 0 radical (unpaired) electrons. The average molecular weight is 1250 g/mol. The summed E-state index contributed by atoms with van der Waals surface area (Å²) in [5.41, 5.74) is 11.6. The third-order valence-electron chi connectivity index (χ3n) is 19.5. The summed E-state index contributed by atoms with van der Waals surface area (Å²) in [5, 5.41) is 24.7. The molecule has 0 spiro atoms. The van der Waals surface area contributed by atoms with E-state index in [1.807, 2.05) is 18.2 Å². The molecular weight excluding hydrogens is 1190 g/mol. The molecule has 16 aromatic carbocycles. The van der Waals surface area contributed by atoms with Crippen molar-refractivity contribution in [1.82, 2.24) is 0 Å². The summed E-state index contributed by atoms with van der Waals surface area (Å²) in [4.78, 5) is 0. The highest BCUT2D eigenvalue weighted by Gasteiger charge is 2.51. The largest absolute Gasteiger partial charge is 0.494 e. The molecule has 438 valence electrons. The van der Waals surface area contributed by atoms with Gasteiger partial charge in [0.1, 0.15) is 22.3 Å². The normalized spacial score (nSPS) is 13.8. The predicted octanol–water partition coefficient (Wildman–Crippen LogP) is 24.1. The summed E-state index contributed by atoms with van der Waals surface area (Å²) in [6, 6.07) is 104. The first-order chi connectivity index (χ1) is 45.0. The molecule has 19 rings (SSSR count). The summed E-state index contributed by atoms with van der Waals surface area (Å²) in [6.07, 6.45) is 0. The van der Waals surface area contributed by atoms with Crippen LogP contribution in [0, 0.1) is 0 Å². The van der Waals surface area contributed by atoms with Crippen molar-refractivity contribution in [3.05, 3.63) is 296 Å². The van der Waals surface area contributed by atoms with Crippen LogP contribution in [-0.2, 0) is 9.31 Å². The average Bonchev–Trinajstić information content (AvgIpc) is 1.01. The van der Waals surface area contributed by atoms with Crippen LogP contribution in [0.3, 0.4) is 0 Å². The van der Waals surface area contributed by atoms with Gasteiger partial charge in [0, 0.05) is 26.0 Å². The van der Waals surface area contributed by atoms with Crippen LogP contribution in [0.15, 0.2) is 304 Å². The molecule has 0 unspecified atom stereocenters. The summed E-state index contributed by atoms with van der Waals surface area (Å²) >= 11 is 3.84. The van der Waals surface area contributed by atoms with Crippen LogP contribution in [0.25, 0.3) is 163 Å². The van der Waals surface area contributed by atoms with Gasteiger partial charge in [-0.1, -0.05) is 261 Å². The lowest BCUT2D eigenvalue weighted by Crippen LogP contribution is -2.41. The van der Waals surface area contributed by atoms with Crippen molar-refractivity contribution in [2.45, 2.75) is 38.9 Å². The summed E-state index contributed by atoms with van der Waals surface area (Å²) in [6.45, 7) is 8.30. The first-order valence-corrected chi connectivity index (χ1v) is 32.4. The fourth-order valence-corrected chi connectivity index (χ4v) is 15.1. The Balaban J connectivity index is 0.000000111. The number of furan rings is 2. The quantitative estimate of drug-likeness (QED) is 0.130. The van der Waals surface area contributed by atoms with E-state index < -0.39 is 0 Å². The molecule has 4 nitrogen and oxygen atoms in total. The lowest BCUT2D eigenvalue weighted by Gasteiger charge is -2.32. The summed E-state index contributed by atoms with van der Waals surface area (Å²) < 4.78 is 26.0. The van der Waals surface area contributed by atoms with Crippen LogP contribution in [0.4, 0.5) is 0 Å². The Hall–Kier alpha value is -10.3.